The zero-order valence-electron chi connectivity index (χ0n) is 13.3. The molecular formula is C19H16FNO3. The van der Waals surface area contributed by atoms with Gasteiger partial charge in [0, 0.05) is 11.3 Å². The Morgan fingerprint density at radius 1 is 1.08 bits per heavy atom. The summed E-state index contributed by atoms with van der Waals surface area (Å²) >= 11 is 0. The molecule has 0 aliphatic carbocycles. The number of aryl methyl sites for hydroxylation is 1. The summed E-state index contributed by atoms with van der Waals surface area (Å²) in [5.74, 6) is 1.15. The number of methoxy groups -OCH3 is 1. The van der Waals surface area contributed by atoms with E-state index in [1.54, 1.807) is 56.5 Å². The van der Waals surface area contributed by atoms with Crippen molar-refractivity contribution in [3.8, 4) is 17.1 Å². The van der Waals surface area contributed by atoms with Gasteiger partial charge in [-0.25, -0.2) is 4.39 Å². The molecule has 1 heterocycles. The van der Waals surface area contributed by atoms with Gasteiger partial charge in [-0.05, 0) is 61.5 Å². The number of carbonyl (C=O) groups is 1. The molecule has 5 heteroatoms. The van der Waals surface area contributed by atoms with Crippen molar-refractivity contribution in [2.24, 2.45) is 0 Å². The van der Waals surface area contributed by atoms with Crippen molar-refractivity contribution in [1.29, 1.82) is 0 Å². The first-order chi connectivity index (χ1) is 11.6. The third-order valence-electron chi connectivity index (χ3n) is 3.64. The van der Waals surface area contributed by atoms with Crippen molar-refractivity contribution in [1.82, 2.24) is 0 Å². The maximum Gasteiger partial charge on any atom is 0.259 e. The molecule has 0 aliphatic rings. The van der Waals surface area contributed by atoms with Gasteiger partial charge in [-0.2, -0.15) is 0 Å². The second kappa shape index (κ2) is 6.58. The summed E-state index contributed by atoms with van der Waals surface area (Å²) in [5.41, 5.74) is 1.80. The van der Waals surface area contributed by atoms with E-state index in [9.17, 15) is 9.18 Å². The van der Waals surface area contributed by atoms with Crippen LogP contribution in [0.3, 0.4) is 0 Å². The second-order valence-corrected chi connectivity index (χ2v) is 5.27. The highest BCUT2D eigenvalue weighted by Gasteiger charge is 2.16. The van der Waals surface area contributed by atoms with E-state index in [1.807, 2.05) is 0 Å². The Hall–Kier alpha value is -3.08. The van der Waals surface area contributed by atoms with E-state index < -0.39 is 0 Å². The van der Waals surface area contributed by atoms with Gasteiger partial charge >= 0.3 is 0 Å². The topological polar surface area (TPSA) is 51.5 Å². The van der Waals surface area contributed by atoms with Gasteiger partial charge in [0.05, 0.1) is 12.7 Å². The minimum Gasteiger partial charge on any atom is -0.497 e. The maximum atomic E-state index is 13.0. The zero-order chi connectivity index (χ0) is 17.1. The molecule has 24 heavy (non-hydrogen) atoms. The predicted molar refractivity (Wildman–Crippen MR) is 89.8 cm³/mol. The van der Waals surface area contributed by atoms with E-state index in [2.05, 4.69) is 5.32 Å². The van der Waals surface area contributed by atoms with Crippen molar-refractivity contribution < 1.29 is 18.3 Å². The molecule has 0 fully saturated rings. The number of furan rings is 1. The number of rotatable bonds is 4. The van der Waals surface area contributed by atoms with E-state index in [0.29, 0.717) is 34.1 Å². The molecule has 3 rings (SSSR count). The summed E-state index contributed by atoms with van der Waals surface area (Å²) in [5, 5.41) is 2.81. The Morgan fingerprint density at radius 3 is 2.38 bits per heavy atom. The molecule has 1 amide bonds. The average molecular weight is 325 g/mol. The fraction of sp³-hybridized carbons (Fsp3) is 0.105. The monoisotopic (exact) mass is 325 g/mol. The SMILES string of the molecule is COc1ccc(NC(=O)c2cc(-c3ccc(F)cc3)oc2C)cc1. The van der Waals surface area contributed by atoms with E-state index in [0.717, 1.165) is 0 Å². The number of halogens is 1. The number of amides is 1. The predicted octanol–water partition coefficient (Wildman–Crippen LogP) is 4.66. The van der Waals surface area contributed by atoms with Crippen LogP contribution in [0.1, 0.15) is 16.1 Å². The quantitative estimate of drug-likeness (QED) is 0.759. The van der Waals surface area contributed by atoms with Gasteiger partial charge in [-0.1, -0.05) is 0 Å². The highest BCUT2D eigenvalue weighted by atomic mass is 19.1. The Labute approximate surface area is 138 Å². The molecule has 0 unspecified atom stereocenters. The molecule has 0 aliphatic heterocycles. The number of hydrogen-bond acceptors (Lipinski definition) is 3. The van der Waals surface area contributed by atoms with E-state index in [1.165, 1.54) is 12.1 Å². The molecule has 0 bridgehead atoms. The Balaban J connectivity index is 1.81. The smallest absolute Gasteiger partial charge is 0.259 e. The molecule has 2 aromatic carbocycles. The van der Waals surface area contributed by atoms with Gasteiger partial charge in [0.25, 0.3) is 5.91 Å². The lowest BCUT2D eigenvalue weighted by molar-refractivity contribution is 0.102. The highest BCUT2D eigenvalue weighted by Crippen LogP contribution is 2.26. The van der Waals surface area contributed by atoms with E-state index in [-0.39, 0.29) is 11.7 Å². The van der Waals surface area contributed by atoms with Crippen LogP contribution in [-0.2, 0) is 0 Å². The van der Waals surface area contributed by atoms with Gasteiger partial charge < -0.3 is 14.5 Å². The standard InChI is InChI=1S/C19H16FNO3/c1-12-17(11-18(24-12)13-3-5-14(20)6-4-13)19(22)21-15-7-9-16(23-2)10-8-15/h3-11H,1-2H3,(H,21,22). The summed E-state index contributed by atoms with van der Waals surface area (Å²) in [4.78, 5) is 12.4. The first-order valence-electron chi connectivity index (χ1n) is 7.38. The molecule has 0 spiro atoms. The van der Waals surface area contributed by atoms with Crippen molar-refractivity contribution in [3.63, 3.8) is 0 Å². The van der Waals surface area contributed by atoms with Crippen molar-refractivity contribution in [3.05, 3.63) is 71.7 Å². The van der Waals surface area contributed by atoms with Gasteiger partial charge in [0.2, 0.25) is 0 Å². The summed E-state index contributed by atoms with van der Waals surface area (Å²) in [6.45, 7) is 1.72. The summed E-state index contributed by atoms with van der Waals surface area (Å²) in [6, 6.07) is 14.6. The van der Waals surface area contributed by atoms with Crippen LogP contribution in [0.4, 0.5) is 10.1 Å². The number of nitrogens with one attached hydrogen (secondary N) is 1. The fourth-order valence-corrected chi connectivity index (χ4v) is 2.34. The number of carbonyl (C=O) groups excluding carboxylic acids is 1. The molecule has 122 valence electrons. The largest absolute Gasteiger partial charge is 0.497 e. The first kappa shape index (κ1) is 15.8. The highest BCUT2D eigenvalue weighted by molar-refractivity contribution is 6.05. The normalized spacial score (nSPS) is 10.5. The van der Waals surface area contributed by atoms with Crippen LogP contribution in [0.2, 0.25) is 0 Å². The average Bonchev–Trinajstić information content (AvgIpc) is 2.98. The molecule has 1 aromatic heterocycles. The van der Waals surface area contributed by atoms with Crippen LogP contribution >= 0.6 is 0 Å². The molecule has 0 radical (unpaired) electrons. The summed E-state index contributed by atoms with van der Waals surface area (Å²) in [7, 11) is 1.58. The third-order valence-corrected chi connectivity index (χ3v) is 3.64. The van der Waals surface area contributed by atoms with Gasteiger partial charge in [0.15, 0.2) is 0 Å². The molecule has 3 aromatic rings. The Morgan fingerprint density at radius 2 is 1.75 bits per heavy atom. The van der Waals surface area contributed by atoms with Gasteiger partial charge in [0.1, 0.15) is 23.1 Å². The lowest BCUT2D eigenvalue weighted by Gasteiger charge is -2.05. The lowest BCUT2D eigenvalue weighted by Crippen LogP contribution is -2.11. The zero-order valence-corrected chi connectivity index (χ0v) is 13.3. The fourth-order valence-electron chi connectivity index (χ4n) is 2.34. The van der Waals surface area contributed by atoms with Crippen LogP contribution in [0.25, 0.3) is 11.3 Å². The van der Waals surface area contributed by atoms with Crippen LogP contribution < -0.4 is 10.1 Å². The van der Waals surface area contributed by atoms with Crippen molar-refractivity contribution in [2.75, 3.05) is 12.4 Å². The molecule has 1 N–H and O–H groups in total. The summed E-state index contributed by atoms with van der Waals surface area (Å²) < 4.78 is 23.7. The maximum absolute atomic E-state index is 13.0. The molecule has 0 saturated heterocycles. The van der Waals surface area contributed by atoms with Crippen LogP contribution in [-0.4, -0.2) is 13.0 Å². The first-order valence-corrected chi connectivity index (χ1v) is 7.38. The van der Waals surface area contributed by atoms with Gasteiger partial charge in [-0.15, -0.1) is 0 Å². The number of ether oxygens (including phenoxy) is 1. The minimum atomic E-state index is -0.320. The van der Waals surface area contributed by atoms with Crippen molar-refractivity contribution >= 4 is 11.6 Å². The van der Waals surface area contributed by atoms with E-state index >= 15 is 0 Å². The van der Waals surface area contributed by atoms with Crippen LogP contribution in [0.5, 0.6) is 5.75 Å². The van der Waals surface area contributed by atoms with Crippen molar-refractivity contribution in [2.45, 2.75) is 6.92 Å². The lowest BCUT2D eigenvalue weighted by atomic mass is 10.1. The Bertz CT molecular complexity index is 851. The van der Waals surface area contributed by atoms with Crippen LogP contribution in [0.15, 0.2) is 59.0 Å². The van der Waals surface area contributed by atoms with Crippen LogP contribution in [0, 0.1) is 12.7 Å². The number of hydrogen-bond donors (Lipinski definition) is 1. The second-order valence-electron chi connectivity index (χ2n) is 5.27. The third kappa shape index (κ3) is 3.30. The minimum absolute atomic E-state index is 0.269. The van der Waals surface area contributed by atoms with Gasteiger partial charge in [-0.3, -0.25) is 4.79 Å². The number of benzene rings is 2. The molecule has 0 saturated carbocycles. The summed E-state index contributed by atoms with van der Waals surface area (Å²) in [6.07, 6.45) is 0. The van der Waals surface area contributed by atoms with E-state index in [4.69, 9.17) is 9.15 Å². The molecular weight excluding hydrogens is 309 g/mol. The molecule has 4 nitrogen and oxygen atoms in total. The Kier molecular flexibility index (Phi) is 4.33. The number of anilines is 1. The molecule has 0 atom stereocenters.